The van der Waals surface area contributed by atoms with Gasteiger partial charge in [0.2, 0.25) is 0 Å². The van der Waals surface area contributed by atoms with E-state index in [0.717, 1.165) is 29.4 Å². The van der Waals surface area contributed by atoms with Gasteiger partial charge in [-0.25, -0.2) is 9.97 Å². The van der Waals surface area contributed by atoms with Gasteiger partial charge in [0.25, 0.3) is 11.8 Å². The van der Waals surface area contributed by atoms with Gasteiger partial charge < -0.3 is 16.0 Å². The summed E-state index contributed by atoms with van der Waals surface area (Å²) in [7, 11) is 1.70. The summed E-state index contributed by atoms with van der Waals surface area (Å²) in [4.78, 5) is 34.7. The summed E-state index contributed by atoms with van der Waals surface area (Å²) in [6.45, 7) is 1.27. The van der Waals surface area contributed by atoms with Gasteiger partial charge in [0.1, 0.15) is 11.5 Å². The highest BCUT2D eigenvalue weighted by Crippen LogP contribution is 2.29. The van der Waals surface area contributed by atoms with Crippen LogP contribution in [0, 0.1) is 5.92 Å². The van der Waals surface area contributed by atoms with E-state index in [1.54, 1.807) is 31.6 Å². The smallest absolute Gasteiger partial charge is 0.274 e. The molecule has 182 valence electrons. The molecule has 1 aromatic carbocycles. The zero-order valence-corrected chi connectivity index (χ0v) is 19.9. The third kappa shape index (κ3) is 5.75. The number of aryl methyl sites for hydroxylation is 1. The normalized spacial score (nSPS) is 12.7. The van der Waals surface area contributed by atoms with Gasteiger partial charge in [0.15, 0.2) is 5.69 Å². The van der Waals surface area contributed by atoms with Gasteiger partial charge in [-0.15, -0.1) is 0 Å². The Morgan fingerprint density at radius 3 is 2.67 bits per heavy atom. The molecule has 0 bridgehead atoms. The molecule has 0 saturated heterocycles. The van der Waals surface area contributed by atoms with Crippen LogP contribution in [0.3, 0.4) is 0 Å². The van der Waals surface area contributed by atoms with Crippen LogP contribution >= 0.6 is 0 Å². The number of rotatable bonds is 9. The minimum atomic E-state index is -0.428. The maximum Gasteiger partial charge on any atom is 0.274 e. The van der Waals surface area contributed by atoms with Gasteiger partial charge in [-0.2, -0.15) is 5.10 Å². The zero-order valence-electron chi connectivity index (χ0n) is 19.9. The van der Waals surface area contributed by atoms with E-state index in [2.05, 4.69) is 31.0 Å². The van der Waals surface area contributed by atoms with E-state index in [-0.39, 0.29) is 17.3 Å². The Labute approximate surface area is 209 Å². The molecule has 1 aliphatic carbocycles. The molecule has 1 saturated carbocycles. The van der Waals surface area contributed by atoms with Crippen LogP contribution in [0.15, 0.2) is 73.1 Å². The quantitative estimate of drug-likeness (QED) is 0.334. The Kier molecular flexibility index (Phi) is 6.70. The van der Waals surface area contributed by atoms with Crippen LogP contribution in [-0.4, -0.2) is 38.1 Å². The highest BCUT2D eigenvalue weighted by molar-refractivity contribution is 6.07. The maximum absolute atomic E-state index is 13.0. The Morgan fingerprint density at radius 2 is 1.86 bits per heavy atom. The molecule has 3 N–H and O–H groups in total. The number of carbonyl (C=O) groups is 2. The molecule has 9 nitrogen and oxygen atoms in total. The molecule has 0 spiro atoms. The number of hydrogen-bond acceptors (Lipinski definition) is 6. The monoisotopic (exact) mass is 481 g/mol. The molecular weight excluding hydrogens is 454 g/mol. The molecule has 0 atom stereocenters. The Balaban J connectivity index is 1.28. The molecule has 9 heteroatoms. The van der Waals surface area contributed by atoms with E-state index in [4.69, 9.17) is 0 Å². The number of amides is 2. The lowest BCUT2D eigenvalue weighted by Crippen LogP contribution is -2.25. The third-order valence-electron chi connectivity index (χ3n) is 5.89. The van der Waals surface area contributed by atoms with Gasteiger partial charge in [0.05, 0.1) is 11.4 Å². The average Bonchev–Trinajstić information content (AvgIpc) is 3.67. The Bertz CT molecular complexity index is 1380. The lowest BCUT2D eigenvalue weighted by Gasteiger charge is -2.09. The third-order valence-corrected chi connectivity index (χ3v) is 5.89. The Morgan fingerprint density at radius 1 is 1.03 bits per heavy atom. The number of carbonyl (C=O) groups excluding carboxylic acids is 2. The minimum Gasteiger partial charge on any atom is -0.370 e. The fourth-order valence-corrected chi connectivity index (χ4v) is 3.78. The predicted octanol–water partition coefficient (Wildman–Crippen LogP) is 3.88. The van der Waals surface area contributed by atoms with Crippen LogP contribution in [-0.2, 0) is 13.6 Å². The van der Waals surface area contributed by atoms with Crippen molar-refractivity contribution < 1.29 is 9.59 Å². The molecule has 5 rings (SSSR count). The predicted molar refractivity (Wildman–Crippen MR) is 137 cm³/mol. The second kappa shape index (κ2) is 10.4. The van der Waals surface area contributed by atoms with Crippen molar-refractivity contribution in [2.75, 3.05) is 17.2 Å². The van der Waals surface area contributed by atoms with Crippen LogP contribution in [0.2, 0.25) is 0 Å². The molecule has 3 heterocycles. The molecule has 0 radical (unpaired) electrons. The number of nitrogens with zero attached hydrogens (tertiary/aromatic N) is 4. The average molecular weight is 482 g/mol. The molecule has 1 aliphatic rings. The molecule has 4 aromatic rings. The summed E-state index contributed by atoms with van der Waals surface area (Å²) < 4.78 is 1.49. The van der Waals surface area contributed by atoms with Crippen molar-refractivity contribution in [1.82, 2.24) is 25.1 Å². The highest BCUT2D eigenvalue weighted by atomic mass is 16.2. The fourth-order valence-electron chi connectivity index (χ4n) is 3.78. The summed E-state index contributed by atoms with van der Waals surface area (Å²) in [6.07, 6.45) is 5.85. The summed E-state index contributed by atoms with van der Waals surface area (Å²) in [5.41, 5.74) is 3.17. The SMILES string of the molecule is Cn1cc(NC(=O)c2cccc(-c3ccnc(NCC4CC4)c3)n2)c(C(=O)NCc2ccccc2)n1. The lowest BCUT2D eigenvalue weighted by molar-refractivity contribution is 0.0946. The summed E-state index contributed by atoms with van der Waals surface area (Å²) in [5.74, 6) is 0.721. The molecule has 2 amide bonds. The van der Waals surface area contributed by atoms with Crippen molar-refractivity contribution in [3.05, 3.63) is 90.0 Å². The number of benzene rings is 1. The fraction of sp³-hybridized carbons (Fsp3) is 0.222. The highest BCUT2D eigenvalue weighted by Gasteiger charge is 2.21. The first-order valence-corrected chi connectivity index (χ1v) is 11.9. The van der Waals surface area contributed by atoms with Crippen molar-refractivity contribution in [2.45, 2.75) is 19.4 Å². The minimum absolute atomic E-state index is 0.137. The number of nitrogens with one attached hydrogen (secondary N) is 3. The second-order valence-corrected chi connectivity index (χ2v) is 8.85. The molecule has 0 aliphatic heterocycles. The van der Waals surface area contributed by atoms with Crippen molar-refractivity contribution >= 4 is 23.3 Å². The largest absolute Gasteiger partial charge is 0.370 e. The first-order chi connectivity index (χ1) is 17.5. The summed E-state index contributed by atoms with van der Waals surface area (Å²) in [6, 6.07) is 18.7. The maximum atomic E-state index is 13.0. The lowest BCUT2D eigenvalue weighted by atomic mass is 10.1. The Hall–Kier alpha value is -4.53. The standard InChI is InChI=1S/C27H27N7O2/c1-34-17-23(25(33-34)27(36)30-16-18-6-3-2-4-7-18)32-26(35)22-9-5-8-21(31-22)20-12-13-28-24(14-20)29-15-19-10-11-19/h2-9,12-14,17,19H,10-11,15-16H2,1H3,(H,28,29)(H,30,36)(H,32,35). The molecule has 36 heavy (non-hydrogen) atoms. The van der Waals surface area contributed by atoms with Gasteiger partial charge in [0, 0.05) is 38.1 Å². The van der Waals surface area contributed by atoms with E-state index >= 15 is 0 Å². The summed E-state index contributed by atoms with van der Waals surface area (Å²) >= 11 is 0. The van der Waals surface area contributed by atoms with Crippen LogP contribution in [0.25, 0.3) is 11.3 Å². The van der Waals surface area contributed by atoms with E-state index in [0.29, 0.717) is 17.9 Å². The van der Waals surface area contributed by atoms with E-state index in [9.17, 15) is 9.59 Å². The number of anilines is 2. The van der Waals surface area contributed by atoms with Crippen molar-refractivity contribution in [2.24, 2.45) is 13.0 Å². The van der Waals surface area contributed by atoms with Crippen LogP contribution in [0.4, 0.5) is 11.5 Å². The van der Waals surface area contributed by atoms with Crippen molar-refractivity contribution in [3.63, 3.8) is 0 Å². The molecule has 3 aromatic heterocycles. The van der Waals surface area contributed by atoms with Crippen molar-refractivity contribution in [1.29, 1.82) is 0 Å². The summed E-state index contributed by atoms with van der Waals surface area (Å²) in [5, 5.41) is 13.2. The first kappa shape index (κ1) is 23.2. The second-order valence-electron chi connectivity index (χ2n) is 8.85. The van der Waals surface area contributed by atoms with Gasteiger partial charge in [-0.3, -0.25) is 14.3 Å². The van der Waals surface area contributed by atoms with Crippen LogP contribution in [0.5, 0.6) is 0 Å². The molecule has 1 fully saturated rings. The first-order valence-electron chi connectivity index (χ1n) is 11.9. The van der Waals surface area contributed by atoms with Crippen LogP contribution in [0.1, 0.15) is 39.4 Å². The molecule has 0 unspecified atom stereocenters. The topological polar surface area (TPSA) is 114 Å². The van der Waals surface area contributed by atoms with Gasteiger partial charge >= 0.3 is 0 Å². The number of aromatic nitrogens is 4. The van der Waals surface area contributed by atoms with E-state index < -0.39 is 5.91 Å². The van der Waals surface area contributed by atoms with E-state index in [1.165, 1.54) is 17.5 Å². The number of hydrogen-bond donors (Lipinski definition) is 3. The molecular formula is C27H27N7O2. The van der Waals surface area contributed by atoms with Gasteiger partial charge in [-0.05, 0) is 48.6 Å². The van der Waals surface area contributed by atoms with Gasteiger partial charge in [-0.1, -0.05) is 36.4 Å². The van der Waals surface area contributed by atoms with Crippen LogP contribution < -0.4 is 16.0 Å². The van der Waals surface area contributed by atoms with E-state index in [1.807, 2.05) is 48.5 Å². The van der Waals surface area contributed by atoms with Crippen molar-refractivity contribution in [3.8, 4) is 11.3 Å². The number of pyridine rings is 2. The zero-order chi connectivity index (χ0) is 24.9.